The van der Waals surface area contributed by atoms with Crippen molar-refractivity contribution in [3.63, 3.8) is 0 Å². The summed E-state index contributed by atoms with van der Waals surface area (Å²) in [6.45, 7) is 0. The van der Waals surface area contributed by atoms with E-state index in [1.165, 1.54) is 33.5 Å². The van der Waals surface area contributed by atoms with E-state index < -0.39 is 34.0 Å². The summed E-state index contributed by atoms with van der Waals surface area (Å²) in [5, 5.41) is -1.38. The minimum absolute atomic E-state index is 0.0682. The van der Waals surface area contributed by atoms with Gasteiger partial charge in [-0.2, -0.15) is 4.39 Å². The summed E-state index contributed by atoms with van der Waals surface area (Å²) in [5.74, 6) is -5.87. The van der Waals surface area contributed by atoms with E-state index in [4.69, 9.17) is 14.2 Å². The lowest BCUT2D eigenvalue weighted by atomic mass is 10.2. The second kappa shape index (κ2) is 8.98. The summed E-state index contributed by atoms with van der Waals surface area (Å²) >= 11 is 0.406. The van der Waals surface area contributed by atoms with Gasteiger partial charge in [0.2, 0.25) is 5.75 Å². The maximum absolute atomic E-state index is 14.1. The molecule has 146 valence electrons. The lowest BCUT2D eigenvalue weighted by Gasteiger charge is -2.14. The van der Waals surface area contributed by atoms with Crippen molar-refractivity contribution in [2.45, 2.75) is 5.75 Å². The molecular formula is C18H15F5O3S. The summed E-state index contributed by atoms with van der Waals surface area (Å²) < 4.78 is 83.4. The first-order chi connectivity index (χ1) is 12.8. The molecule has 2 rings (SSSR count). The fraction of sp³-hybridized carbons (Fsp3) is 0.222. The van der Waals surface area contributed by atoms with Gasteiger partial charge in [0.05, 0.1) is 26.9 Å². The van der Waals surface area contributed by atoms with Gasteiger partial charge in [0.15, 0.2) is 39.9 Å². The Labute approximate surface area is 156 Å². The summed E-state index contributed by atoms with van der Waals surface area (Å²) in [6.07, 6.45) is 0. The average Bonchev–Trinajstić information content (AvgIpc) is 2.68. The quantitative estimate of drug-likeness (QED) is 0.440. The number of hydrogen-bond donors (Lipinski definition) is 0. The second-order valence-electron chi connectivity index (χ2n) is 5.13. The molecule has 0 fully saturated rings. The van der Waals surface area contributed by atoms with Crippen molar-refractivity contribution in [3.8, 4) is 17.2 Å². The van der Waals surface area contributed by atoms with E-state index in [-0.39, 0.29) is 5.75 Å². The molecule has 0 bridgehead atoms. The van der Waals surface area contributed by atoms with E-state index in [9.17, 15) is 22.0 Å². The fourth-order valence-corrected chi connectivity index (χ4v) is 2.93. The molecule has 0 N–H and O–H groups in total. The van der Waals surface area contributed by atoms with Crippen molar-refractivity contribution >= 4 is 17.6 Å². The number of methoxy groups -OCH3 is 3. The molecule has 0 heterocycles. The molecule has 0 aliphatic heterocycles. The highest BCUT2D eigenvalue weighted by Crippen LogP contribution is 2.40. The van der Waals surface area contributed by atoms with Gasteiger partial charge in [-0.1, -0.05) is 11.8 Å². The van der Waals surface area contributed by atoms with Gasteiger partial charge in [0.25, 0.3) is 0 Å². The van der Waals surface area contributed by atoms with Crippen molar-refractivity contribution in [1.29, 1.82) is 0 Å². The largest absolute Gasteiger partial charge is 0.493 e. The van der Waals surface area contributed by atoms with Crippen LogP contribution in [-0.4, -0.2) is 21.3 Å². The van der Waals surface area contributed by atoms with E-state index in [0.717, 1.165) is 0 Å². The molecule has 0 radical (unpaired) electrons. The van der Waals surface area contributed by atoms with Crippen LogP contribution in [0.25, 0.3) is 5.83 Å². The van der Waals surface area contributed by atoms with E-state index in [0.29, 0.717) is 46.7 Å². The van der Waals surface area contributed by atoms with Crippen LogP contribution in [0.2, 0.25) is 0 Å². The highest BCUT2D eigenvalue weighted by molar-refractivity contribution is 8.02. The first-order valence-corrected chi connectivity index (χ1v) is 8.43. The molecule has 9 heteroatoms. The average molecular weight is 406 g/mol. The molecule has 0 saturated heterocycles. The Kier molecular flexibility index (Phi) is 6.95. The smallest absolute Gasteiger partial charge is 0.203 e. The highest BCUT2D eigenvalue weighted by atomic mass is 32.2. The molecule has 2 aromatic carbocycles. The van der Waals surface area contributed by atoms with Crippen molar-refractivity contribution in [2.75, 3.05) is 21.3 Å². The Morgan fingerprint density at radius 3 is 2.00 bits per heavy atom. The van der Waals surface area contributed by atoms with Crippen LogP contribution in [0.4, 0.5) is 22.0 Å². The zero-order valence-corrected chi connectivity index (χ0v) is 15.4. The molecule has 2 aromatic rings. The fourth-order valence-electron chi connectivity index (χ4n) is 2.23. The SMILES string of the molecule is COc1cc(CSC(F)=C(F)c2ccc(F)c(F)c2F)cc(OC)c1OC. The van der Waals surface area contributed by atoms with Gasteiger partial charge < -0.3 is 14.2 Å². The van der Waals surface area contributed by atoms with E-state index in [1.54, 1.807) is 0 Å². The number of thioether (sulfide) groups is 1. The minimum Gasteiger partial charge on any atom is -0.493 e. The maximum Gasteiger partial charge on any atom is 0.203 e. The molecule has 0 unspecified atom stereocenters. The Morgan fingerprint density at radius 2 is 1.48 bits per heavy atom. The third-order valence-corrected chi connectivity index (χ3v) is 4.44. The molecule has 0 aliphatic rings. The van der Waals surface area contributed by atoms with Crippen molar-refractivity contribution in [2.24, 2.45) is 0 Å². The Morgan fingerprint density at radius 1 is 0.889 bits per heavy atom. The van der Waals surface area contributed by atoms with Crippen molar-refractivity contribution in [3.05, 3.63) is 58.0 Å². The van der Waals surface area contributed by atoms with Crippen molar-refractivity contribution < 1.29 is 36.2 Å². The molecule has 0 atom stereocenters. The molecule has 0 amide bonds. The van der Waals surface area contributed by atoms with Gasteiger partial charge in [-0.25, -0.2) is 17.6 Å². The Bertz CT molecular complexity index is 845. The third kappa shape index (κ3) is 4.47. The van der Waals surface area contributed by atoms with Gasteiger partial charge in [-0.05, 0) is 29.8 Å². The van der Waals surface area contributed by atoms with E-state index >= 15 is 0 Å². The summed E-state index contributed by atoms with van der Waals surface area (Å²) in [7, 11) is 4.23. The van der Waals surface area contributed by atoms with Crippen LogP contribution in [0.1, 0.15) is 11.1 Å². The van der Waals surface area contributed by atoms with Crippen LogP contribution >= 0.6 is 11.8 Å². The van der Waals surface area contributed by atoms with Gasteiger partial charge in [0, 0.05) is 5.75 Å². The zero-order valence-electron chi connectivity index (χ0n) is 14.5. The topological polar surface area (TPSA) is 27.7 Å². The molecule has 0 saturated carbocycles. The number of rotatable bonds is 7. The standard InChI is InChI=1S/C18H15F5O3S/c1-24-12-6-9(7-13(25-2)17(12)26-3)8-27-18(23)15(21)10-4-5-11(19)16(22)14(10)20/h4-7H,8H2,1-3H3. The van der Waals surface area contributed by atoms with E-state index in [2.05, 4.69) is 0 Å². The Balaban J connectivity index is 2.28. The Hall–Kier alpha value is -2.42. The van der Waals surface area contributed by atoms with Gasteiger partial charge in [-0.3, -0.25) is 0 Å². The van der Waals surface area contributed by atoms with Crippen LogP contribution in [0.5, 0.6) is 17.2 Å². The number of benzene rings is 2. The lowest BCUT2D eigenvalue weighted by Crippen LogP contribution is -1.97. The summed E-state index contributed by atoms with van der Waals surface area (Å²) in [6, 6.07) is 4.22. The molecule has 0 aliphatic carbocycles. The molecular weight excluding hydrogens is 391 g/mol. The molecule has 0 spiro atoms. The first-order valence-electron chi connectivity index (χ1n) is 7.44. The molecule has 3 nitrogen and oxygen atoms in total. The lowest BCUT2D eigenvalue weighted by molar-refractivity contribution is 0.324. The van der Waals surface area contributed by atoms with Crippen LogP contribution < -0.4 is 14.2 Å². The third-order valence-electron chi connectivity index (χ3n) is 3.53. The van der Waals surface area contributed by atoms with E-state index in [1.807, 2.05) is 0 Å². The number of hydrogen-bond acceptors (Lipinski definition) is 4. The highest BCUT2D eigenvalue weighted by Gasteiger charge is 2.20. The predicted octanol–water partition coefficient (Wildman–Crippen LogP) is 5.63. The number of halogens is 5. The number of ether oxygens (including phenoxy) is 3. The van der Waals surface area contributed by atoms with Crippen molar-refractivity contribution in [1.82, 2.24) is 0 Å². The van der Waals surface area contributed by atoms with Crippen LogP contribution in [0, 0.1) is 17.5 Å². The van der Waals surface area contributed by atoms with Gasteiger partial charge in [-0.15, -0.1) is 0 Å². The summed E-state index contributed by atoms with van der Waals surface area (Å²) in [4.78, 5) is 0. The monoisotopic (exact) mass is 406 g/mol. The molecule has 27 heavy (non-hydrogen) atoms. The zero-order chi connectivity index (χ0) is 20.1. The predicted molar refractivity (Wildman–Crippen MR) is 92.8 cm³/mol. The molecule has 0 aromatic heterocycles. The van der Waals surface area contributed by atoms with Crippen LogP contribution in [0.3, 0.4) is 0 Å². The minimum atomic E-state index is -1.87. The van der Waals surface area contributed by atoms with Gasteiger partial charge >= 0.3 is 0 Å². The van der Waals surface area contributed by atoms with Crippen LogP contribution in [0.15, 0.2) is 29.4 Å². The summed E-state index contributed by atoms with van der Waals surface area (Å²) in [5.41, 5.74) is -0.494. The van der Waals surface area contributed by atoms with Gasteiger partial charge in [0.1, 0.15) is 0 Å². The normalized spacial score (nSPS) is 11.9. The van der Waals surface area contributed by atoms with Crippen LogP contribution in [-0.2, 0) is 5.75 Å². The second-order valence-corrected chi connectivity index (χ2v) is 6.07. The first kappa shape index (κ1) is 20.9. The maximum atomic E-state index is 14.1.